The van der Waals surface area contributed by atoms with Crippen LogP contribution in [0.3, 0.4) is 0 Å². The second-order valence-electron chi connectivity index (χ2n) is 5.60. The van der Waals surface area contributed by atoms with E-state index in [0.717, 1.165) is 37.6 Å². The van der Waals surface area contributed by atoms with E-state index in [0.29, 0.717) is 5.89 Å². The second-order valence-corrected chi connectivity index (χ2v) is 5.60. The van der Waals surface area contributed by atoms with Crippen LogP contribution in [0.2, 0.25) is 0 Å². The second kappa shape index (κ2) is 5.38. The number of fused-ring (bicyclic) bond motifs is 1. The first-order valence-corrected chi connectivity index (χ1v) is 7.38. The van der Waals surface area contributed by atoms with Crippen molar-refractivity contribution in [2.45, 2.75) is 26.6 Å². The van der Waals surface area contributed by atoms with E-state index in [1.807, 2.05) is 17.8 Å². The smallest absolute Gasteiger partial charge is 0.246 e. The van der Waals surface area contributed by atoms with Crippen LogP contribution < -0.4 is 0 Å². The Labute approximate surface area is 128 Å². The fourth-order valence-corrected chi connectivity index (χ4v) is 2.76. The summed E-state index contributed by atoms with van der Waals surface area (Å²) in [5.41, 5.74) is 4.29. The van der Waals surface area contributed by atoms with E-state index >= 15 is 0 Å². The van der Waals surface area contributed by atoms with Gasteiger partial charge < -0.3 is 4.42 Å². The highest BCUT2D eigenvalue weighted by atomic mass is 16.3. The van der Waals surface area contributed by atoms with Crippen molar-refractivity contribution < 1.29 is 4.42 Å². The zero-order valence-corrected chi connectivity index (χ0v) is 12.4. The molecule has 0 radical (unpaired) electrons. The van der Waals surface area contributed by atoms with Crippen molar-refractivity contribution in [3.05, 3.63) is 53.8 Å². The molecule has 0 saturated heterocycles. The Morgan fingerprint density at radius 1 is 1.23 bits per heavy atom. The molecule has 0 fully saturated rings. The summed E-state index contributed by atoms with van der Waals surface area (Å²) in [6.07, 6.45) is 5.17. The normalized spacial score (nSPS) is 15.0. The Bertz CT molecular complexity index is 760. The molecule has 6 heteroatoms. The Balaban J connectivity index is 1.50. The summed E-state index contributed by atoms with van der Waals surface area (Å²) in [5, 5.41) is 4.57. The Morgan fingerprint density at radius 2 is 2.18 bits per heavy atom. The molecule has 0 saturated carbocycles. The molecule has 0 spiro atoms. The number of aromatic nitrogens is 4. The van der Waals surface area contributed by atoms with Crippen molar-refractivity contribution in [3.63, 3.8) is 0 Å². The van der Waals surface area contributed by atoms with Gasteiger partial charge in [0.05, 0.1) is 18.4 Å². The largest absolute Gasteiger partial charge is 0.443 e. The molecular formula is C16H17N5O. The van der Waals surface area contributed by atoms with Crippen molar-refractivity contribution in [2.75, 3.05) is 6.54 Å². The molecule has 0 N–H and O–H groups in total. The molecule has 0 aliphatic carbocycles. The summed E-state index contributed by atoms with van der Waals surface area (Å²) < 4.78 is 7.37. The first-order chi connectivity index (χ1) is 10.8. The van der Waals surface area contributed by atoms with Gasteiger partial charge in [-0.15, -0.1) is 0 Å². The van der Waals surface area contributed by atoms with Crippen LogP contribution in [0.15, 0.2) is 41.3 Å². The van der Waals surface area contributed by atoms with E-state index in [1.165, 1.54) is 11.3 Å². The molecule has 4 rings (SSSR count). The van der Waals surface area contributed by atoms with Crippen molar-refractivity contribution >= 4 is 0 Å². The zero-order valence-electron chi connectivity index (χ0n) is 12.4. The molecule has 0 bridgehead atoms. The van der Waals surface area contributed by atoms with Gasteiger partial charge in [0.1, 0.15) is 12.0 Å². The number of rotatable bonds is 3. The summed E-state index contributed by atoms with van der Waals surface area (Å²) in [6.45, 7) is 5.66. The quantitative estimate of drug-likeness (QED) is 0.741. The van der Waals surface area contributed by atoms with Gasteiger partial charge in [0.25, 0.3) is 0 Å². The molecule has 1 aliphatic heterocycles. The van der Waals surface area contributed by atoms with Gasteiger partial charge in [-0.1, -0.05) is 6.07 Å². The van der Waals surface area contributed by atoms with Crippen LogP contribution in [0, 0.1) is 6.92 Å². The number of hydrogen-bond acceptors (Lipinski definition) is 5. The van der Waals surface area contributed by atoms with Crippen LogP contribution in [0.5, 0.6) is 0 Å². The monoisotopic (exact) mass is 295 g/mol. The minimum absolute atomic E-state index is 0.580. The summed E-state index contributed by atoms with van der Waals surface area (Å²) in [5.74, 6) is 0.580. The van der Waals surface area contributed by atoms with Crippen LogP contribution >= 0.6 is 0 Å². The predicted molar refractivity (Wildman–Crippen MR) is 80.8 cm³/mol. The van der Waals surface area contributed by atoms with Gasteiger partial charge >= 0.3 is 0 Å². The van der Waals surface area contributed by atoms with Gasteiger partial charge in [-0.25, -0.2) is 4.98 Å². The summed E-state index contributed by atoms with van der Waals surface area (Å²) in [6, 6.07) is 6.27. The minimum Gasteiger partial charge on any atom is -0.443 e. The van der Waals surface area contributed by atoms with Crippen molar-refractivity contribution in [1.29, 1.82) is 0 Å². The Hall–Kier alpha value is -2.47. The van der Waals surface area contributed by atoms with Gasteiger partial charge in [0.15, 0.2) is 0 Å². The summed E-state index contributed by atoms with van der Waals surface area (Å²) >= 11 is 0. The topological polar surface area (TPSA) is 60.0 Å². The van der Waals surface area contributed by atoms with Gasteiger partial charge in [0, 0.05) is 31.5 Å². The third kappa shape index (κ3) is 2.53. The van der Waals surface area contributed by atoms with Crippen molar-refractivity contribution in [1.82, 2.24) is 24.6 Å². The number of hydrogen-bond donors (Lipinski definition) is 0. The third-order valence-corrected chi connectivity index (χ3v) is 3.91. The number of pyridine rings is 1. The highest BCUT2D eigenvalue weighted by molar-refractivity contribution is 5.47. The maximum Gasteiger partial charge on any atom is 0.246 e. The highest BCUT2D eigenvalue weighted by Gasteiger charge is 2.20. The lowest BCUT2D eigenvalue weighted by molar-refractivity contribution is 0.205. The van der Waals surface area contributed by atoms with Gasteiger partial charge in [-0.3, -0.25) is 14.6 Å². The fourth-order valence-electron chi connectivity index (χ4n) is 2.76. The lowest BCUT2D eigenvalue weighted by Gasteiger charge is -2.27. The summed E-state index contributed by atoms with van der Waals surface area (Å²) in [4.78, 5) is 10.9. The molecule has 0 unspecified atom stereocenters. The Morgan fingerprint density at radius 3 is 2.95 bits per heavy atom. The molecule has 22 heavy (non-hydrogen) atoms. The van der Waals surface area contributed by atoms with E-state index in [4.69, 9.17) is 4.42 Å². The molecule has 3 aromatic rings. The van der Waals surface area contributed by atoms with Crippen LogP contribution in [-0.2, 0) is 19.6 Å². The standard InChI is InChI=1S/C16H17N5O/c1-12-2-3-13(9-18-12)10-20-5-6-21-14(11-20)8-15(19-21)16-17-4-7-22-16/h2-4,7-9H,5-6,10-11H2,1H3. The van der Waals surface area contributed by atoms with Crippen LogP contribution in [0.1, 0.15) is 17.0 Å². The molecular weight excluding hydrogens is 278 g/mol. The first kappa shape index (κ1) is 13.2. The van der Waals surface area contributed by atoms with Crippen LogP contribution in [-0.4, -0.2) is 31.2 Å². The molecule has 4 heterocycles. The van der Waals surface area contributed by atoms with Crippen molar-refractivity contribution in [2.24, 2.45) is 0 Å². The SMILES string of the molecule is Cc1ccc(CN2CCn3nc(-c4ncco4)cc3C2)cn1. The average molecular weight is 295 g/mol. The predicted octanol–water partition coefficient (Wildman–Crippen LogP) is 2.26. The van der Waals surface area contributed by atoms with E-state index in [-0.39, 0.29) is 0 Å². The molecule has 112 valence electrons. The van der Waals surface area contributed by atoms with E-state index in [1.54, 1.807) is 12.5 Å². The third-order valence-electron chi connectivity index (χ3n) is 3.91. The average Bonchev–Trinajstić information content (AvgIpc) is 3.17. The number of aryl methyl sites for hydroxylation is 1. The maximum atomic E-state index is 5.32. The fraction of sp³-hybridized carbons (Fsp3) is 0.312. The maximum absolute atomic E-state index is 5.32. The first-order valence-electron chi connectivity index (χ1n) is 7.38. The lowest BCUT2D eigenvalue weighted by atomic mass is 10.2. The molecule has 1 aliphatic rings. The molecule has 0 amide bonds. The van der Waals surface area contributed by atoms with E-state index < -0.39 is 0 Å². The van der Waals surface area contributed by atoms with Crippen molar-refractivity contribution in [3.8, 4) is 11.6 Å². The summed E-state index contributed by atoms with van der Waals surface area (Å²) in [7, 11) is 0. The Kier molecular flexibility index (Phi) is 3.23. The molecule has 3 aromatic heterocycles. The highest BCUT2D eigenvalue weighted by Crippen LogP contribution is 2.21. The minimum atomic E-state index is 0.580. The molecule has 0 atom stereocenters. The van der Waals surface area contributed by atoms with Crippen LogP contribution in [0.25, 0.3) is 11.6 Å². The molecule has 6 nitrogen and oxygen atoms in total. The van der Waals surface area contributed by atoms with Crippen LogP contribution in [0.4, 0.5) is 0 Å². The van der Waals surface area contributed by atoms with Gasteiger partial charge in [-0.05, 0) is 24.6 Å². The van der Waals surface area contributed by atoms with Gasteiger partial charge in [0.2, 0.25) is 5.89 Å². The van der Waals surface area contributed by atoms with E-state index in [2.05, 4.69) is 38.2 Å². The molecule has 0 aromatic carbocycles. The van der Waals surface area contributed by atoms with E-state index in [9.17, 15) is 0 Å². The zero-order chi connectivity index (χ0) is 14.9. The van der Waals surface area contributed by atoms with Gasteiger partial charge in [-0.2, -0.15) is 5.10 Å². The lowest BCUT2D eigenvalue weighted by Crippen LogP contribution is -2.33. The number of oxazole rings is 1. The number of nitrogens with zero attached hydrogens (tertiary/aromatic N) is 5.